The minimum Gasteiger partial charge on any atom is -0.451 e. The van der Waals surface area contributed by atoms with E-state index in [2.05, 4.69) is 5.32 Å². The third-order valence-electron chi connectivity index (χ3n) is 3.40. The van der Waals surface area contributed by atoms with Gasteiger partial charge in [0, 0.05) is 6.92 Å². The number of ether oxygens (including phenoxy) is 1. The predicted molar refractivity (Wildman–Crippen MR) is 84.4 cm³/mol. The van der Waals surface area contributed by atoms with Crippen molar-refractivity contribution < 1.29 is 18.7 Å². The first-order valence-corrected chi connectivity index (χ1v) is 7.00. The van der Waals surface area contributed by atoms with Crippen LogP contribution in [0.25, 0.3) is 21.7 Å². The van der Waals surface area contributed by atoms with Gasteiger partial charge in [0.15, 0.2) is 11.5 Å². The average molecular weight is 297 g/mol. The Labute approximate surface area is 126 Å². The standard InChI is InChI=1S/C17H15NO4/c1-3-21-17(20)18-15-14-12-7-5-4-6-11(12)8-9-13(14)22-16(15)10(2)19/h4-9H,3H2,1-2H3,(H,18,20). The second kappa shape index (κ2) is 5.52. The van der Waals surface area contributed by atoms with Crippen molar-refractivity contribution >= 4 is 39.3 Å². The molecule has 1 N–H and O–H groups in total. The Balaban J connectivity index is 2.29. The van der Waals surface area contributed by atoms with Gasteiger partial charge in [0.05, 0.1) is 12.0 Å². The molecule has 0 unspecified atom stereocenters. The molecule has 0 bridgehead atoms. The van der Waals surface area contributed by atoms with Crippen LogP contribution in [0.5, 0.6) is 0 Å². The number of fused-ring (bicyclic) bond motifs is 3. The number of rotatable bonds is 3. The molecule has 22 heavy (non-hydrogen) atoms. The first-order valence-electron chi connectivity index (χ1n) is 7.00. The summed E-state index contributed by atoms with van der Waals surface area (Å²) < 4.78 is 10.5. The van der Waals surface area contributed by atoms with Gasteiger partial charge >= 0.3 is 6.09 Å². The van der Waals surface area contributed by atoms with Gasteiger partial charge in [-0.2, -0.15) is 0 Å². The predicted octanol–water partition coefficient (Wildman–Crippen LogP) is 4.36. The lowest BCUT2D eigenvalue weighted by atomic mass is 10.0. The van der Waals surface area contributed by atoms with Gasteiger partial charge in [0.2, 0.25) is 0 Å². The van der Waals surface area contributed by atoms with Gasteiger partial charge in [-0.25, -0.2) is 4.79 Å². The monoisotopic (exact) mass is 297 g/mol. The molecule has 3 aromatic rings. The van der Waals surface area contributed by atoms with Gasteiger partial charge in [-0.15, -0.1) is 0 Å². The normalized spacial score (nSPS) is 10.8. The highest BCUT2D eigenvalue weighted by molar-refractivity contribution is 6.18. The molecule has 3 rings (SSSR count). The average Bonchev–Trinajstić information content (AvgIpc) is 2.87. The molecule has 0 aliphatic heterocycles. The Kier molecular flexibility index (Phi) is 3.55. The molecule has 5 heteroatoms. The number of carbonyl (C=O) groups excluding carboxylic acids is 2. The molecule has 1 heterocycles. The van der Waals surface area contributed by atoms with E-state index in [0.29, 0.717) is 16.7 Å². The lowest BCUT2D eigenvalue weighted by Gasteiger charge is -2.06. The molecule has 1 aromatic heterocycles. The van der Waals surface area contributed by atoms with Gasteiger partial charge in [-0.3, -0.25) is 10.1 Å². The SMILES string of the molecule is CCOC(=O)Nc1c(C(C)=O)oc2ccc3ccccc3c12. The molecule has 5 nitrogen and oxygen atoms in total. The Morgan fingerprint density at radius 3 is 2.68 bits per heavy atom. The Morgan fingerprint density at radius 1 is 1.18 bits per heavy atom. The topological polar surface area (TPSA) is 68.5 Å². The summed E-state index contributed by atoms with van der Waals surface area (Å²) in [7, 11) is 0. The summed E-state index contributed by atoms with van der Waals surface area (Å²) in [6, 6.07) is 11.4. The number of amides is 1. The van der Waals surface area contributed by atoms with E-state index in [1.54, 1.807) is 13.0 Å². The van der Waals surface area contributed by atoms with Crippen LogP contribution in [-0.4, -0.2) is 18.5 Å². The minimum absolute atomic E-state index is 0.124. The van der Waals surface area contributed by atoms with E-state index in [-0.39, 0.29) is 18.2 Å². The molecule has 112 valence electrons. The molecule has 0 saturated carbocycles. The smallest absolute Gasteiger partial charge is 0.411 e. The molecule has 0 saturated heterocycles. The molecule has 0 fully saturated rings. The third kappa shape index (κ3) is 2.30. The number of benzene rings is 2. The first-order chi connectivity index (χ1) is 10.6. The number of carbonyl (C=O) groups is 2. The van der Waals surface area contributed by atoms with Gasteiger partial charge in [0.1, 0.15) is 11.3 Å². The van der Waals surface area contributed by atoms with Crippen LogP contribution in [0.2, 0.25) is 0 Å². The largest absolute Gasteiger partial charge is 0.451 e. The zero-order chi connectivity index (χ0) is 15.7. The maximum Gasteiger partial charge on any atom is 0.411 e. The van der Waals surface area contributed by atoms with Crippen molar-refractivity contribution in [2.75, 3.05) is 11.9 Å². The Hall–Kier alpha value is -2.82. The molecule has 2 aromatic carbocycles. The second-order valence-corrected chi connectivity index (χ2v) is 4.87. The van der Waals surface area contributed by atoms with Crippen molar-refractivity contribution in [3.05, 3.63) is 42.2 Å². The quantitative estimate of drug-likeness (QED) is 0.729. The van der Waals surface area contributed by atoms with E-state index >= 15 is 0 Å². The second-order valence-electron chi connectivity index (χ2n) is 4.87. The van der Waals surface area contributed by atoms with E-state index in [9.17, 15) is 9.59 Å². The van der Waals surface area contributed by atoms with Crippen LogP contribution in [0.1, 0.15) is 24.4 Å². The number of hydrogen-bond donors (Lipinski definition) is 1. The fraction of sp³-hybridized carbons (Fsp3) is 0.176. The van der Waals surface area contributed by atoms with Crippen LogP contribution in [0.15, 0.2) is 40.8 Å². The summed E-state index contributed by atoms with van der Waals surface area (Å²) in [6.45, 7) is 3.36. The number of furan rings is 1. The maximum atomic E-state index is 11.8. The molecule has 0 aliphatic rings. The van der Waals surface area contributed by atoms with E-state index in [4.69, 9.17) is 9.15 Å². The van der Waals surface area contributed by atoms with E-state index < -0.39 is 6.09 Å². The summed E-state index contributed by atoms with van der Waals surface area (Å²) in [5.74, 6) is -0.133. The summed E-state index contributed by atoms with van der Waals surface area (Å²) in [5.41, 5.74) is 0.911. The highest BCUT2D eigenvalue weighted by atomic mass is 16.5. The molecular weight excluding hydrogens is 282 g/mol. The van der Waals surface area contributed by atoms with Crippen LogP contribution in [-0.2, 0) is 4.74 Å². The summed E-state index contributed by atoms with van der Waals surface area (Å²) in [5, 5.41) is 5.24. The van der Waals surface area contributed by atoms with Gasteiger partial charge in [-0.1, -0.05) is 30.3 Å². The lowest BCUT2D eigenvalue weighted by molar-refractivity contribution is 0.0990. The first kappa shape index (κ1) is 14.1. The molecule has 0 radical (unpaired) electrons. The van der Waals surface area contributed by atoms with E-state index in [1.807, 2.05) is 30.3 Å². The fourth-order valence-corrected chi connectivity index (χ4v) is 2.51. The van der Waals surface area contributed by atoms with Crippen molar-refractivity contribution in [2.45, 2.75) is 13.8 Å². The zero-order valence-electron chi connectivity index (χ0n) is 12.3. The summed E-state index contributed by atoms with van der Waals surface area (Å²) in [6.07, 6.45) is -0.611. The Bertz CT molecular complexity index is 879. The highest BCUT2D eigenvalue weighted by Gasteiger charge is 2.21. The van der Waals surface area contributed by atoms with Crippen molar-refractivity contribution in [2.24, 2.45) is 0 Å². The van der Waals surface area contributed by atoms with Crippen molar-refractivity contribution in [3.8, 4) is 0 Å². The van der Waals surface area contributed by atoms with Crippen LogP contribution in [0, 0.1) is 0 Å². The van der Waals surface area contributed by atoms with Gasteiger partial charge < -0.3 is 9.15 Å². The van der Waals surface area contributed by atoms with E-state index in [0.717, 1.165) is 10.8 Å². The third-order valence-corrected chi connectivity index (χ3v) is 3.40. The molecule has 0 atom stereocenters. The van der Waals surface area contributed by atoms with Crippen LogP contribution < -0.4 is 5.32 Å². The minimum atomic E-state index is -0.611. The van der Waals surface area contributed by atoms with Crippen LogP contribution in [0.4, 0.5) is 10.5 Å². The maximum absolute atomic E-state index is 11.8. The fourth-order valence-electron chi connectivity index (χ4n) is 2.51. The van der Waals surface area contributed by atoms with Gasteiger partial charge in [-0.05, 0) is 23.8 Å². The van der Waals surface area contributed by atoms with Crippen LogP contribution >= 0.6 is 0 Å². The number of anilines is 1. The van der Waals surface area contributed by atoms with Crippen molar-refractivity contribution in [1.82, 2.24) is 0 Å². The molecule has 1 amide bonds. The highest BCUT2D eigenvalue weighted by Crippen LogP contribution is 2.36. The molecule has 0 spiro atoms. The van der Waals surface area contributed by atoms with Crippen molar-refractivity contribution in [1.29, 1.82) is 0 Å². The number of ketones is 1. The number of nitrogens with one attached hydrogen (secondary N) is 1. The van der Waals surface area contributed by atoms with Gasteiger partial charge in [0.25, 0.3) is 0 Å². The van der Waals surface area contributed by atoms with Crippen molar-refractivity contribution in [3.63, 3.8) is 0 Å². The number of Topliss-reactive ketones (excluding diaryl/α,β-unsaturated/α-hetero) is 1. The molecular formula is C17H15NO4. The zero-order valence-corrected chi connectivity index (χ0v) is 12.3. The Morgan fingerprint density at radius 2 is 1.95 bits per heavy atom. The molecule has 0 aliphatic carbocycles. The summed E-state index contributed by atoms with van der Waals surface area (Å²) in [4.78, 5) is 23.6. The lowest BCUT2D eigenvalue weighted by Crippen LogP contribution is -2.14. The number of hydrogen-bond acceptors (Lipinski definition) is 4. The summed E-state index contributed by atoms with van der Waals surface area (Å²) >= 11 is 0. The van der Waals surface area contributed by atoms with E-state index in [1.165, 1.54) is 6.92 Å². The van der Waals surface area contributed by atoms with Crippen LogP contribution in [0.3, 0.4) is 0 Å².